The van der Waals surface area contributed by atoms with Gasteiger partial charge < -0.3 is 35.1 Å². The Hall–Kier alpha value is -3.45. The number of fused-ring (bicyclic) bond motifs is 1. The standard InChI is InChI=1S/C29H36N6O5/c1-38-14-13-30-16-23-33-27(31-15-21(19-9-5-3-6-10-19)20-11-7-4-8-12-20)24-28(34-23)35(18-32-24)29-26(37)25(36)22(40-29)17-39-2/h3-12,18,21-22,25-26,29-30,36-37H,13-17H2,1-2H3,(H,31,33,34). The average Bonchev–Trinajstić information content (AvgIpc) is 3.53. The molecule has 4 unspecified atom stereocenters. The van der Waals surface area contributed by atoms with Gasteiger partial charge in [0.25, 0.3) is 0 Å². The minimum absolute atomic E-state index is 0.0720. The van der Waals surface area contributed by atoms with Crippen molar-refractivity contribution in [2.75, 3.05) is 45.8 Å². The highest BCUT2D eigenvalue weighted by Crippen LogP contribution is 2.33. The number of anilines is 1. The summed E-state index contributed by atoms with van der Waals surface area (Å²) in [4.78, 5) is 14.2. The van der Waals surface area contributed by atoms with E-state index in [0.717, 1.165) is 0 Å². The molecule has 3 heterocycles. The Kier molecular flexibility index (Phi) is 9.32. The third-order valence-corrected chi connectivity index (χ3v) is 7.05. The Bertz CT molecular complexity index is 1320. The lowest BCUT2D eigenvalue weighted by atomic mass is 9.91. The molecule has 0 spiro atoms. The summed E-state index contributed by atoms with van der Waals surface area (Å²) in [5.41, 5.74) is 3.39. The van der Waals surface area contributed by atoms with Gasteiger partial charge in [-0.05, 0) is 11.1 Å². The van der Waals surface area contributed by atoms with Crippen LogP contribution in [0.1, 0.15) is 29.1 Å². The van der Waals surface area contributed by atoms with E-state index in [1.54, 1.807) is 18.0 Å². The number of ether oxygens (including phenoxy) is 3. The van der Waals surface area contributed by atoms with Crippen molar-refractivity contribution in [3.63, 3.8) is 0 Å². The van der Waals surface area contributed by atoms with Crippen molar-refractivity contribution in [2.45, 2.75) is 37.0 Å². The SMILES string of the molecule is COCCNCc1nc(NCC(c2ccccc2)c2ccccc2)c2ncn(C3OC(COC)C(O)C3O)c2n1. The molecule has 0 saturated carbocycles. The van der Waals surface area contributed by atoms with Crippen LogP contribution in [0.2, 0.25) is 0 Å². The molecule has 2 aromatic carbocycles. The van der Waals surface area contributed by atoms with E-state index < -0.39 is 24.5 Å². The fraction of sp³-hybridized carbons (Fsp3) is 0.414. The fourth-order valence-corrected chi connectivity index (χ4v) is 4.98. The first-order valence-electron chi connectivity index (χ1n) is 13.4. The summed E-state index contributed by atoms with van der Waals surface area (Å²) < 4.78 is 17.9. The van der Waals surface area contributed by atoms with E-state index in [1.165, 1.54) is 18.2 Å². The largest absolute Gasteiger partial charge is 0.387 e. The highest BCUT2D eigenvalue weighted by Gasteiger charge is 2.44. The van der Waals surface area contributed by atoms with Gasteiger partial charge in [0.05, 0.1) is 26.1 Å². The molecule has 11 nitrogen and oxygen atoms in total. The lowest BCUT2D eigenvalue weighted by Gasteiger charge is -2.20. The number of aliphatic hydroxyl groups is 2. The van der Waals surface area contributed by atoms with E-state index in [1.807, 2.05) is 36.4 Å². The molecule has 1 fully saturated rings. The highest BCUT2D eigenvalue weighted by atomic mass is 16.6. The number of rotatable bonds is 13. The van der Waals surface area contributed by atoms with Gasteiger partial charge in [0, 0.05) is 33.2 Å². The first-order chi connectivity index (χ1) is 19.6. The molecule has 1 saturated heterocycles. The second-order valence-electron chi connectivity index (χ2n) is 9.74. The molecule has 2 aromatic heterocycles. The van der Waals surface area contributed by atoms with Gasteiger partial charge in [0.15, 0.2) is 23.2 Å². The molecule has 4 aromatic rings. The summed E-state index contributed by atoms with van der Waals surface area (Å²) in [6, 6.07) is 20.7. The van der Waals surface area contributed by atoms with Crippen LogP contribution in [0.4, 0.5) is 5.82 Å². The van der Waals surface area contributed by atoms with Crippen molar-refractivity contribution < 1.29 is 24.4 Å². The molecule has 0 amide bonds. The van der Waals surface area contributed by atoms with Crippen molar-refractivity contribution in [1.82, 2.24) is 24.8 Å². The van der Waals surface area contributed by atoms with Crippen molar-refractivity contribution in [1.29, 1.82) is 0 Å². The van der Waals surface area contributed by atoms with Crippen LogP contribution in [0.5, 0.6) is 0 Å². The van der Waals surface area contributed by atoms with Crippen LogP contribution in [0.3, 0.4) is 0 Å². The van der Waals surface area contributed by atoms with Crippen LogP contribution in [-0.4, -0.2) is 88.6 Å². The van der Waals surface area contributed by atoms with E-state index in [-0.39, 0.29) is 12.5 Å². The van der Waals surface area contributed by atoms with Gasteiger partial charge in [0.2, 0.25) is 0 Å². The Morgan fingerprint density at radius 1 is 0.950 bits per heavy atom. The second-order valence-corrected chi connectivity index (χ2v) is 9.74. The third kappa shape index (κ3) is 6.15. The Labute approximate surface area is 233 Å². The maximum Gasteiger partial charge on any atom is 0.168 e. The van der Waals surface area contributed by atoms with Crippen LogP contribution < -0.4 is 10.6 Å². The predicted molar refractivity (Wildman–Crippen MR) is 150 cm³/mol. The Morgan fingerprint density at radius 2 is 1.65 bits per heavy atom. The number of hydrogen-bond acceptors (Lipinski definition) is 10. The summed E-state index contributed by atoms with van der Waals surface area (Å²) in [5.74, 6) is 1.19. The van der Waals surface area contributed by atoms with Gasteiger partial charge in [-0.3, -0.25) is 4.57 Å². The minimum Gasteiger partial charge on any atom is -0.387 e. The van der Waals surface area contributed by atoms with Crippen LogP contribution in [0.15, 0.2) is 67.0 Å². The van der Waals surface area contributed by atoms with Crippen LogP contribution >= 0.6 is 0 Å². The van der Waals surface area contributed by atoms with E-state index in [4.69, 9.17) is 24.2 Å². The molecular formula is C29H36N6O5. The second kappa shape index (κ2) is 13.3. The molecule has 4 N–H and O–H groups in total. The number of benzene rings is 2. The number of nitrogens with zero attached hydrogens (tertiary/aromatic N) is 4. The predicted octanol–water partition coefficient (Wildman–Crippen LogP) is 2.07. The lowest BCUT2D eigenvalue weighted by Crippen LogP contribution is -2.33. The maximum atomic E-state index is 10.8. The maximum absolute atomic E-state index is 10.8. The Morgan fingerprint density at radius 3 is 2.30 bits per heavy atom. The van der Waals surface area contributed by atoms with Crippen molar-refractivity contribution in [2.24, 2.45) is 0 Å². The normalized spacial score (nSPS) is 20.9. The summed E-state index contributed by atoms with van der Waals surface area (Å²) in [5, 5.41) is 28.1. The van der Waals surface area contributed by atoms with Gasteiger partial charge in [-0.1, -0.05) is 60.7 Å². The zero-order chi connectivity index (χ0) is 27.9. The number of aliphatic hydroxyl groups excluding tert-OH is 2. The minimum atomic E-state index is -1.17. The van der Waals surface area contributed by atoms with E-state index in [0.29, 0.717) is 49.0 Å². The lowest BCUT2D eigenvalue weighted by molar-refractivity contribution is -0.0580. The molecule has 0 aliphatic carbocycles. The van der Waals surface area contributed by atoms with Gasteiger partial charge >= 0.3 is 0 Å². The third-order valence-electron chi connectivity index (χ3n) is 7.05. The molecule has 0 radical (unpaired) electrons. The number of nitrogens with one attached hydrogen (secondary N) is 2. The van der Waals surface area contributed by atoms with Crippen LogP contribution in [-0.2, 0) is 20.8 Å². The molecule has 212 valence electrons. The zero-order valence-electron chi connectivity index (χ0n) is 22.7. The summed E-state index contributed by atoms with van der Waals surface area (Å²) in [6.07, 6.45) is -2.26. The summed E-state index contributed by atoms with van der Waals surface area (Å²) in [7, 11) is 3.17. The van der Waals surface area contributed by atoms with Crippen molar-refractivity contribution in [3.05, 3.63) is 83.9 Å². The van der Waals surface area contributed by atoms with E-state index in [2.05, 4.69) is 39.9 Å². The van der Waals surface area contributed by atoms with Crippen molar-refractivity contribution in [3.8, 4) is 0 Å². The Balaban J connectivity index is 1.47. The quantitative estimate of drug-likeness (QED) is 0.184. The summed E-state index contributed by atoms with van der Waals surface area (Å²) >= 11 is 0. The first kappa shape index (κ1) is 28.1. The van der Waals surface area contributed by atoms with Gasteiger partial charge in [-0.15, -0.1) is 0 Å². The monoisotopic (exact) mass is 548 g/mol. The number of hydrogen-bond donors (Lipinski definition) is 4. The number of aromatic nitrogens is 4. The average molecular weight is 549 g/mol. The molecule has 11 heteroatoms. The van der Waals surface area contributed by atoms with E-state index in [9.17, 15) is 10.2 Å². The smallest absolute Gasteiger partial charge is 0.168 e. The molecule has 40 heavy (non-hydrogen) atoms. The van der Waals surface area contributed by atoms with Crippen molar-refractivity contribution >= 4 is 17.0 Å². The molecule has 4 atom stereocenters. The first-order valence-corrected chi connectivity index (χ1v) is 13.4. The molecular weight excluding hydrogens is 512 g/mol. The topological polar surface area (TPSA) is 136 Å². The fourth-order valence-electron chi connectivity index (χ4n) is 4.98. The molecule has 1 aliphatic rings. The van der Waals surface area contributed by atoms with Gasteiger partial charge in [-0.25, -0.2) is 15.0 Å². The highest BCUT2D eigenvalue weighted by molar-refractivity contribution is 5.83. The molecule has 1 aliphatic heterocycles. The van der Waals surface area contributed by atoms with Gasteiger partial charge in [-0.2, -0.15) is 0 Å². The molecule has 5 rings (SSSR count). The molecule has 0 bridgehead atoms. The number of methoxy groups -OCH3 is 2. The van der Waals surface area contributed by atoms with E-state index >= 15 is 0 Å². The van der Waals surface area contributed by atoms with Gasteiger partial charge in [0.1, 0.15) is 24.1 Å². The number of imidazole rings is 1. The van der Waals surface area contributed by atoms with Crippen LogP contribution in [0, 0.1) is 0 Å². The van der Waals surface area contributed by atoms with Crippen LogP contribution in [0.25, 0.3) is 11.2 Å². The summed E-state index contributed by atoms with van der Waals surface area (Å²) in [6.45, 7) is 2.32. The zero-order valence-corrected chi connectivity index (χ0v) is 22.7.